The van der Waals surface area contributed by atoms with Gasteiger partial charge in [-0.2, -0.15) is 0 Å². The van der Waals surface area contributed by atoms with Gasteiger partial charge in [0.05, 0.1) is 5.92 Å². The first-order valence-electron chi connectivity index (χ1n) is 6.72. The summed E-state index contributed by atoms with van der Waals surface area (Å²) in [5, 5.41) is 12.7. The molecule has 4 heteroatoms. The number of carbonyl (C=O) groups is 1. The molecule has 1 aromatic carbocycles. The zero-order valence-electron chi connectivity index (χ0n) is 11.2. The number of hydrogen-bond acceptors (Lipinski definition) is 2. The van der Waals surface area contributed by atoms with Crippen LogP contribution in [0.3, 0.4) is 0 Å². The first kappa shape index (κ1) is 16.2. The van der Waals surface area contributed by atoms with Gasteiger partial charge in [0.2, 0.25) is 0 Å². The molecular formula is C15H22BrNO2. The maximum absolute atomic E-state index is 11.2. The molecular weight excluding hydrogens is 306 g/mol. The summed E-state index contributed by atoms with van der Waals surface area (Å²) in [6, 6.07) is 10.5. The third-order valence-corrected chi connectivity index (χ3v) is 3.85. The van der Waals surface area contributed by atoms with Crippen molar-refractivity contribution in [3.63, 3.8) is 0 Å². The predicted octanol–water partition coefficient (Wildman–Crippen LogP) is 3.56. The standard InChI is InChI=1S/C15H21NO2.BrH/c1-11(12-7-3-2-4-8-12)16-14-10-6-5-9-13(14)15(17)18;/h2-4,7-8,11,13-14,16H,5-6,9-10H2,1H3,(H,17,18);1H. The Bertz CT molecular complexity index is 396. The number of nitrogens with one attached hydrogen (secondary N) is 1. The fourth-order valence-electron chi connectivity index (χ4n) is 2.78. The van der Waals surface area contributed by atoms with E-state index in [4.69, 9.17) is 0 Å². The van der Waals surface area contributed by atoms with Gasteiger partial charge in [0.1, 0.15) is 0 Å². The number of halogens is 1. The molecule has 106 valence electrons. The van der Waals surface area contributed by atoms with Gasteiger partial charge in [-0.3, -0.25) is 4.79 Å². The normalized spacial score (nSPS) is 24.3. The molecule has 0 amide bonds. The molecule has 3 atom stereocenters. The Hall–Kier alpha value is -0.870. The zero-order chi connectivity index (χ0) is 13.0. The summed E-state index contributed by atoms with van der Waals surface area (Å²) in [4.78, 5) is 11.2. The van der Waals surface area contributed by atoms with Crippen molar-refractivity contribution < 1.29 is 9.90 Å². The zero-order valence-corrected chi connectivity index (χ0v) is 12.9. The van der Waals surface area contributed by atoms with Crippen molar-refractivity contribution >= 4 is 23.0 Å². The smallest absolute Gasteiger partial charge is 0.308 e. The van der Waals surface area contributed by atoms with Crippen molar-refractivity contribution in [2.45, 2.75) is 44.7 Å². The summed E-state index contributed by atoms with van der Waals surface area (Å²) in [5.41, 5.74) is 1.22. The van der Waals surface area contributed by atoms with Crippen LogP contribution in [0, 0.1) is 5.92 Å². The molecule has 0 heterocycles. The molecule has 1 aliphatic carbocycles. The van der Waals surface area contributed by atoms with Gasteiger partial charge in [0.25, 0.3) is 0 Å². The lowest BCUT2D eigenvalue weighted by atomic mass is 9.84. The Kier molecular flexibility index (Phi) is 6.52. The van der Waals surface area contributed by atoms with Crippen LogP contribution in [0.25, 0.3) is 0 Å². The minimum absolute atomic E-state index is 0. The van der Waals surface area contributed by atoms with E-state index in [2.05, 4.69) is 24.4 Å². The monoisotopic (exact) mass is 327 g/mol. The molecule has 0 radical (unpaired) electrons. The first-order valence-corrected chi connectivity index (χ1v) is 6.72. The Morgan fingerprint density at radius 2 is 1.89 bits per heavy atom. The molecule has 1 fully saturated rings. The highest BCUT2D eigenvalue weighted by atomic mass is 79.9. The van der Waals surface area contributed by atoms with E-state index in [0.717, 1.165) is 25.7 Å². The van der Waals surface area contributed by atoms with Crippen LogP contribution in [0.2, 0.25) is 0 Å². The fraction of sp³-hybridized carbons (Fsp3) is 0.533. The number of rotatable bonds is 4. The van der Waals surface area contributed by atoms with Gasteiger partial charge in [-0.25, -0.2) is 0 Å². The second-order valence-corrected chi connectivity index (χ2v) is 5.13. The van der Waals surface area contributed by atoms with Gasteiger partial charge in [0.15, 0.2) is 0 Å². The lowest BCUT2D eigenvalue weighted by Crippen LogP contribution is -2.43. The van der Waals surface area contributed by atoms with Gasteiger partial charge >= 0.3 is 5.97 Å². The van der Waals surface area contributed by atoms with E-state index in [1.54, 1.807) is 0 Å². The van der Waals surface area contributed by atoms with E-state index in [0.29, 0.717) is 0 Å². The molecule has 2 rings (SSSR count). The second kappa shape index (κ2) is 7.65. The Balaban J connectivity index is 0.00000180. The summed E-state index contributed by atoms with van der Waals surface area (Å²) in [6.45, 7) is 2.10. The van der Waals surface area contributed by atoms with Crippen LogP contribution < -0.4 is 5.32 Å². The highest BCUT2D eigenvalue weighted by Gasteiger charge is 2.31. The van der Waals surface area contributed by atoms with E-state index >= 15 is 0 Å². The third-order valence-electron chi connectivity index (χ3n) is 3.85. The van der Waals surface area contributed by atoms with Crippen molar-refractivity contribution in [3.05, 3.63) is 35.9 Å². The quantitative estimate of drug-likeness (QED) is 0.888. The Morgan fingerprint density at radius 3 is 2.53 bits per heavy atom. The fourth-order valence-corrected chi connectivity index (χ4v) is 2.78. The maximum Gasteiger partial charge on any atom is 0.308 e. The Labute approximate surface area is 125 Å². The van der Waals surface area contributed by atoms with E-state index < -0.39 is 5.97 Å². The van der Waals surface area contributed by atoms with Crippen molar-refractivity contribution in [1.82, 2.24) is 5.32 Å². The van der Waals surface area contributed by atoms with E-state index in [1.165, 1.54) is 5.56 Å². The van der Waals surface area contributed by atoms with Crippen LogP contribution in [0.4, 0.5) is 0 Å². The molecule has 0 aliphatic heterocycles. The van der Waals surface area contributed by atoms with Crippen molar-refractivity contribution in [2.24, 2.45) is 5.92 Å². The van der Waals surface area contributed by atoms with Crippen LogP contribution in [0.5, 0.6) is 0 Å². The van der Waals surface area contributed by atoms with Crippen LogP contribution in [0.15, 0.2) is 30.3 Å². The molecule has 0 spiro atoms. The van der Waals surface area contributed by atoms with Crippen molar-refractivity contribution in [1.29, 1.82) is 0 Å². The van der Waals surface area contributed by atoms with Crippen LogP contribution in [0.1, 0.15) is 44.2 Å². The van der Waals surface area contributed by atoms with Crippen LogP contribution in [-0.2, 0) is 4.79 Å². The molecule has 1 saturated carbocycles. The second-order valence-electron chi connectivity index (χ2n) is 5.13. The average molecular weight is 328 g/mol. The maximum atomic E-state index is 11.2. The highest BCUT2D eigenvalue weighted by Crippen LogP contribution is 2.27. The van der Waals surface area contributed by atoms with E-state index in [1.807, 2.05) is 18.2 Å². The molecule has 2 N–H and O–H groups in total. The summed E-state index contributed by atoms with van der Waals surface area (Å²) < 4.78 is 0. The van der Waals surface area contributed by atoms with Gasteiger partial charge in [-0.05, 0) is 25.3 Å². The molecule has 0 aromatic heterocycles. The minimum atomic E-state index is -0.660. The summed E-state index contributed by atoms with van der Waals surface area (Å²) in [5.74, 6) is -0.891. The number of carboxylic acid groups (broad SMARTS) is 1. The molecule has 1 aromatic rings. The SMILES string of the molecule is Br.CC(NC1CCCCC1C(=O)O)c1ccccc1. The molecule has 19 heavy (non-hydrogen) atoms. The minimum Gasteiger partial charge on any atom is -0.481 e. The number of benzene rings is 1. The van der Waals surface area contributed by atoms with Crippen molar-refractivity contribution in [3.8, 4) is 0 Å². The summed E-state index contributed by atoms with van der Waals surface area (Å²) >= 11 is 0. The van der Waals surface area contributed by atoms with Gasteiger partial charge in [-0.15, -0.1) is 17.0 Å². The molecule has 3 unspecified atom stereocenters. The largest absolute Gasteiger partial charge is 0.481 e. The van der Waals surface area contributed by atoms with E-state index in [-0.39, 0.29) is 35.0 Å². The highest BCUT2D eigenvalue weighted by molar-refractivity contribution is 8.93. The van der Waals surface area contributed by atoms with Gasteiger partial charge < -0.3 is 10.4 Å². The molecule has 0 saturated heterocycles. The lowest BCUT2D eigenvalue weighted by Gasteiger charge is -2.32. The summed E-state index contributed by atoms with van der Waals surface area (Å²) in [6.07, 6.45) is 3.93. The topological polar surface area (TPSA) is 49.3 Å². The average Bonchev–Trinajstić information content (AvgIpc) is 2.40. The van der Waals surface area contributed by atoms with Gasteiger partial charge in [0, 0.05) is 12.1 Å². The number of carboxylic acids is 1. The molecule has 3 nitrogen and oxygen atoms in total. The Morgan fingerprint density at radius 1 is 1.26 bits per heavy atom. The molecule has 1 aliphatic rings. The first-order chi connectivity index (χ1) is 8.68. The van der Waals surface area contributed by atoms with Gasteiger partial charge in [-0.1, -0.05) is 43.2 Å². The lowest BCUT2D eigenvalue weighted by molar-refractivity contribution is -0.143. The summed E-state index contributed by atoms with van der Waals surface area (Å²) in [7, 11) is 0. The molecule has 0 bridgehead atoms. The van der Waals surface area contributed by atoms with Crippen LogP contribution in [-0.4, -0.2) is 17.1 Å². The predicted molar refractivity (Wildman–Crippen MR) is 81.7 cm³/mol. The number of aliphatic carboxylic acids is 1. The third kappa shape index (κ3) is 4.32. The van der Waals surface area contributed by atoms with E-state index in [9.17, 15) is 9.90 Å². The van der Waals surface area contributed by atoms with Crippen molar-refractivity contribution in [2.75, 3.05) is 0 Å². The van der Waals surface area contributed by atoms with Crippen LogP contribution >= 0.6 is 17.0 Å². The number of hydrogen-bond donors (Lipinski definition) is 2.